The summed E-state index contributed by atoms with van der Waals surface area (Å²) in [6.45, 7) is 13.7. The largest absolute Gasteiger partial charge is 0.354 e. The quantitative estimate of drug-likeness (QED) is 0.239. The minimum atomic E-state index is -0.418. The lowest BCUT2D eigenvalue weighted by atomic mass is 10.0. The molecule has 0 radical (unpaired) electrons. The number of carbonyl (C=O) groups is 2. The Kier molecular flexibility index (Phi) is 13.4. The maximum Gasteiger partial charge on any atom is 0.242 e. The summed E-state index contributed by atoms with van der Waals surface area (Å²) in [5.74, 6) is 0.923. The number of hydrogen-bond acceptors (Lipinski definition) is 4. The third-order valence-corrected chi connectivity index (χ3v) is 4.98. The van der Waals surface area contributed by atoms with Gasteiger partial charge in [-0.25, -0.2) is 0 Å². The van der Waals surface area contributed by atoms with Crippen LogP contribution in [-0.4, -0.2) is 47.7 Å². The fourth-order valence-electron chi connectivity index (χ4n) is 2.85. The van der Waals surface area contributed by atoms with Crippen molar-refractivity contribution in [3.63, 3.8) is 0 Å². The fourth-order valence-corrected chi connectivity index (χ4v) is 3.30. The van der Waals surface area contributed by atoms with E-state index in [2.05, 4.69) is 59.6 Å². The average molecular weight is 509 g/mol. The smallest absolute Gasteiger partial charge is 0.242 e. The number of carbonyl (C=O) groups excluding carboxylic acids is 2. The van der Waals surface area contributed by atoms with E-state index in [0.29, 0.717) is 47.5 Å². The highest BCUT2D eigenvalue weighted by Gasteiger charge is 2.20. The molecule has 34 heavy (non-hydrogen) atoms. The number of anilines is 2. The highest BCUT2D eigenvalue weighted by atomic mass is 32.1. The van der Waals surface area contributed by atoms with Gasteiger partial charge in [-0.1, -0.05) is 47.6 Å². The van der Waals surface area contributed by atoms with Gasteiger partial charge in [-0.3, -0.25) is 9.59 Å². The molecule has 10 heteroatoms. The Hall–Kier alpha value is -2.46. The van der Waals surface area contributed by atoms with E-state index >= 15 is 0 Å². The molecule has 2 amide bonds. The van der Waals surface area contributed by atoms with E-state index in [4.69, 9.17) is 24.4 Å². The predicted octanol–water partition coefficient (Wildman–Crippen LogP) is 3.22. The van der Waals surface area contributed by atoms with Crippen molar-refractivity contribution in [3.05, 3.63) is 24.3 Å². The van der Waals surface area contributed by atoms with Crippen molar-refractivity contribution in [1.29, 1.82) is 0 Å². The molecule has 0 spiro atoms. The van der Waals surface area contributed by atoms with E-state index < -0.39 is 6.04 Å². The normalized spacial score (nSPS) is 11.7. The number of nitrogens with one attached hydrogen (secondary N) is 6. The zero-order valence-corrected chi connectivity index (χ0v) is 22.7. The van der Waals surface area contributed by atoms with Crippen LogP contribution in [0, 0.1) is 17.8 Å². The first-order chi connectivity index (χ1) is 16.0. The summed E-state index contributed by atoms with van der Waals surface area (Å²) in [5.41, 5.74) is 1.48. The lowest BCUT2D eigenvalue weighted by Crippen LogP contribution is -2.49. The van der Waals surface area contributed by atoms with Crippen LogP contribution in [0.15, 0.2) is 24.3 Å². The molecule has 1 aromatic rings. The Morgan fingerprint density at radius 2 is 1.35 bits per heavy atom. The highest BCUT2D eigenvalue weighted by Crippen LogP contribution is 2.15. The van der Waals surface area contributed by atoms with E-state index in [-0.39, 0.29) is 18.4 Å². The molecule has 190 valence electrons. The number of thiocarbonyl (C=S) groups is 2. The van der Waals surface area contributed by atoms with Crippen LogP contribution in [0.25, 0.3) is 0 Å². The Balaban J connectivity index is 2.62. The standard InChI is InChI=1S/C24H40N6O2S2/c1-15(2)10-20(22(32)26-13-17(5)6)30-24(34)29-19-9-7-8-18(11-19)28-23(33)27-14-21(31)25-12-16(3)4/h7-9,11,15-17,20H,10,12-14H2,1-6H3,(H,25,31)(H,26,32)(H2,27,28,33)(H2,29,30,34). The first-order valence-corrected chi connectivity index (χ1v) is 12.5. The third kappa shape index (κ3) is 13.3. The van der Waals surface area contributed by atoms with Crippen molar-refractivity contribution < 1.29 is 9.59 Å². The topological polar surface area (TPSA) is 106 Å². The van der Waals surface area contributed by atoms with Gasteiger partial charge >= 0.3 is 0 Å². The number of benzene rings is 1. The summed E-state index contributed by atoms with van der Waals surface area (Å²) in [7, 11) is 0. The molecule has 1 atom stereocenters. The molecular formula is C24H40N6O2S2. The van der Waals surface area contributed by atoms with Crippen molar-refractivity contribution in [3.8, 4) is 0 Å². The molecule has 0 aliphatic rings. The van der Waals surface area contributed by atoms with Gasteiger partial charge in [0.15, 0.2) is 10.2 Å². The zero-order chi connectivity index (χ0) is 25.7. The Morgan fingerprint density at radius 1 is 0.794 bits per heavy atom. The molecule has 0 saturated carbocycles. The van der Waals surface area contributed by atoms with E-state index in [0.717, 1.165) is 11.4 Å². The van der Waals surface area contributed by atoms with Gasteiger partial charge in [-0.05, 0) is 66.8 Å². The first kappa shape index (κ1) is 29.6. The average Bonchev–Trinajstić information content (AvgIpc) is 2.73. The van der Waals surface area contributed by atoms with Crippen molar-refractivity contribution >= 4 is 57.8 Å². The van der Waals surface area contributed by atoms with Crippen molar-refractivity contribution in [1.82, 2.24) is 21.3 Å². The predicted molar refractivity (Wildman–Crippen MR) is 149 cm³/mol. The van der Waals surface area contributed by atoms with Gasteiger partial charge in [-0.2, -0.15) is 0 Å². The van der Waals surface area contributed by atoms with Crippen LogP contribution in [0.2, 0.25) is 0 Å². The van der Waals surface area contributed by atoms with Crippen molar-refractivity contribution in [2.45, 2.75) is 54.0 Å². The Labute approximate surface area is 214 Å². The summed E-state index contributed by atoms with van der Waals surface area (Å²) < 4.78 is 0. The second-order valence-electron chi connectivity index (χ2n) is 9.51. The van der Waals surface area contributed by atoms with Gasteiger partial charge < -0.3 is 31.9 Å². The van der Waals surface area contributed by atoms with Gasteiger partial charge in [0, 0.05) is 24.5 Å². The lowest BCUT2D eigenvalue weighted by molar-refractivity contribution is -0.123. The molecule has 0 fully saturated rings. The van der Waals surface area contributed by atoms with Crippen LogP contribution in [0.1, 0.15) is 48.0 Å². The summed E-state index contributed by atoms with van der Waals surface area (Å²) in [5, 5.41) is 18.7. The van der Waals surface area contributed by atoms with Gasteiger partial charge in [0.2, 0.25) is 11.8 Å². The summed E-state index contributed by atoms with van der Waals surface area (Å²) >= 11 is 10.7. The molecule has 6 N–H and O–H groups in total. The summed E-state index contributed by atoms with van der Waals surface area (Å²) in [6, 6.07) is 7.00. The molecule has 1 aromatic carbocycles. The maximum absolute atomic E-state index is 12.6. The molecule has 1 rings (SSSR count). The van der Waals surface area contributed by atoms with E-state index in [1.807, 2.05) is 38.1 Å². The number of hydrogen-bond donors (Lipinski definition) is 6. The lowest BCUT2D eigenvalue weighted by Gasteiger charge is -2.22. The van der Waals surface area contributed by atoms with Gasteiger partial charge in [0.05, 0.1) is 6.54 Å². The first-order valence-electron chi connectivity index (χ1n) is 11.7. The van der Waals surface area contributed by atoms with Gasteiger partial charge in [0.25, 0.3) is 0 Å². The van der Waals surface area contributed by atoms with Crippen molar-refractivity contribution in [2.24, 2.45) is 17.8 Å². The molecular weight excluding hydrogens is 468 g/mol. The van der Waals surface area contributed by atoms with Crippen LogP contribution < -0.4 is 31.9 Å². The minimum Gasteiger partial charge on any atom is -0.354 e. The SMILES string of the molecule is CC(C)CNC(=O)CNC(=S)Nc1cccc(NC(=S)NC(CC(C)C)C(=O)NCC(C)C)c1. The monoisotopic (exact) mass is 508 g/mol. The molecule has 0 saturated heterocycles. The second-order valence-corrected chi connectivity index (χ2v) is 10.3. The van der Waals surface area contributed by atoms with Gasteiger partial charge in [0.1, 0.15) is 6.04 Å². The van der Waals surface area contributed by atoms with Crippen LogP contribution >= 0.6 is 24.4 Å². The number of rotatable bonds is 12. The molecule has 0 aliphatic heterocycles. The van der Waals surface area contributed by atoms with Crippen LogP contribution in [0.3, 0.4) is 0 Å². The zero-order valence-electron chi connectivity index (χ0n) is 21.1. The Morgan fingerprint density at radius 3 is 1.91 bits per heavy atom. The molecule has 8 nitrogen and oxygen atoms in total. The molecule has 1 unspecified atom stereocenters. The van der Waals surface area contributed by atoms with E-state index in [1.165, 1.54) is 0 Å². The minimum absolute atomic E-state index is 0.0594. The van der Waals surface area contributed by atoms with Crippen LogP contribution in [0.4, 0.5) is 11.4 Å². The van der Waals surface area contributed by atoms with E-state index in [1.54, 1.807) is 0 Å². The summed E-state index contributed by atoms with van der Waals surface area (Å²) in [4.78, 5) is 24.4. The van der Waals surface area contributed by atoms with Crippen LogP contribution in [0.5, 0.6) is 0 Å². The molecule has 0 bridgehead atoms. The van der Waals surface area contributed by atoms with Gasteiger partial charge in [-0.15, -0.1) is 0 Å². The maximum atomic E-state index is 12.6. The third-order valence-electron chi connectivity index (χ3n) is 4.51. The highest BCUT2D eigenvalue weighted by molar-refractivity contribution is 7.80. The molecule has 0 heterocycles. The number of amides is 2. The van der Waals surface area contributed by atoms with E-state index in [9.17, 15) is 9.59 Å². The van der Waals surface area contributed by atoms with Crippen LogP contribution in [-0.2, 0) is 9.59 Å². The second kappa shape index (κ2) is 15.4. The fraction of sp³-hybridized carbons (Fsp3) is 0.583. The molecule has 0 aliphatic carbocycles. The summed E-state index contributed by atoms with van der Waals surface area (Å²) in [6.07, 6.45) is 0.665. The molecule has 0 aromatic heterocycles. The Bertz CT molecular complexity index is 829. The van der Waals surface area contributed by atoms with Crippen molar-refractivity contribution in [2.75, 3.05) is 30.3 Å².